The predicted molar refractivity (Wildman–Crippen MR) is 122 cm³/mol. The number of hydrogen-bond acceptors (Lipinski definition) is 6. The summed E-state index contributed by atoms with van der Waals surface area (Å²) in [6.07, 6.45) is 4.63. The minimum atomic E-state index is 0.435. The molecule has 5 nitrogen and oxygen atoms in total. The van der Waals surface area contributed by atoms with Gasteiger partial charge in [-0.15, -0.1) is 11.3 Å². The highest BCUT2D eigenvalue weighted by molar-refractivity contribution is 9.11. The van der Waals surface area contributed by atoms with Gasteiger partial charge in [0.15, 0.2) is 0 Å². The lowest BCUT2D eigenvalue weighted by molar-refractivity contribution is 0.353. The molecule has 0 unspecified atom stereocenters. The number of aromatic nitrogens is 2. The molecule has 7 heteroatoms. The molecule has 1 aromatic carbocycles. The van der Waals surface area contributed by atoms with Gasteiger partial charge in [-0.05, 0) is 65.9 Å². The second kappa shape index (κ2) is 8.76. The summed E-state index contributed by atoms with van der Waals surface area (Å²) >= 11 is 5.34. The van der Waals surface area contributed by atoms with E-state index in [0.717, 1.165) is 42.1 Å². The van der Waals surface area contributed by atoms with Crippen LogP contribution in [0, 0.1) is 0 Å². The van der Waals surface area contributed by atoms with Gasteiger partial charge in [0.2, 0.25) is 5.95 Å². The van der Waals surface area contributed by atoms with Crippen LogP contribution in [0.1, 0.15) is 30.6 Å². The first-order chi connectivity index (χ1) is 13.6. The van der Waals surface area contributed by atoms with Crippen molar-refractivity contribution in [1.82, 2.24) is 15.3 Å². The number of nitrogens with zero attached hydrogens (tertiary/aromatic N) is 3. The quantitative estimate of drug-likeness (QED) is 0.540. The van der Waals surface area contributed by atoms with E-state index in [1.165, 1.54) is 21.5 Å². The van der Waals surface area contributed by atoms with Crippen LogP contribution in [0.3, 0.4) is 0 Å². The van der Waals surface area contributed by atoms with Crippen molar-refractivity contribution in [2.45, 2.75) is 44.3 Å². The number of thiophene rings is 1. The standard InChI is InChI=1S/C21H26BrN5S/c1-27(2)20-17-5-3-4-6-18(17)25-21(26-20)24-15-9-7-14(8-10-15)23-13-16-11-12-19(22)28-16/h3-6,11-12,14-15,23H,7-10,13H2,1-2H3,(H,24,25,26). The first-order valence-electron chi connectivity index (χ1n) is 9.77. The largest absolute Gasteiger partial charge is 0.362 e. The van der Waals surface area contributed by atoms with Crippen LogP contribution in [0.15, 0.2) is 40.2 Å². The Morgan fingerprint density at radius 2 is 1.79 bits per heavy atom. The summed E-state index contributed by atoms with van der Waals surface area (Å²) in [6.45, 7) is 0.957. The Balaban J connectivity index is 1.35. The smallest absolute Gasteiger partial charge is 0.225 e. The molecular formula is C21H26BrN5S. The molecule has 4 rings (SSSR count). The zero-order valence-electron chi connectivity index (χ0n) is 16.3. The molecule has 28 heavy (non-hydrogen) atoms. The van der Waals surface area contributed by atoms with Gasteiger partial charge in [-0.1, -0.05) is 12.1 Å². The van der Waals surface area contributed by atoms with Crippen molar-refractivity contribution >= 4 is 49.9 Å². The molecule has 0 amide bonds. The van der Waals surface area contributed by atoms with E-state index in [9.17, 15) is 0 Å². The van der Waals surface area contributed by atoms with Crippen molar-refractivity contribution in [3.63, 3.8) is 0 Å². The van der Waals surface area contributed by atoms with E-state index >= 15 is 0 Å². The van der Waals surface area contributed by atoms with Crippen LogP contribution < -0.4 is 15.5 Å². The first kappa shape index (κ1) is 19.6. The number of fused-ring (bicyclic) bond motifs is 1. The van der Waals surface area contributed by atoms with E-state index < -0.39 is 0 Å². The molecule has 0 spiro atoms. The van der Waals surface area contributed by atoms with Crippen LogP contribution in [-0.2, 0) is 6.54 Å². The van der Waals surface area contributed by atoms with Gasteiger partial charge in [-0.3, -0.25) is 0 Å². The Morgan fingerprint density at radius 1 is 1.04 bits per heavy atom. The average Bonchev–Trinajstić information content (AvgIpc) is 3.12. The number of hydrogen-bond donors (Lipinski definition) is 2. The molecule has 1 fully saturated rings. The Hall–Kier alpha value is -1.70. The maximum Gasteiger partial charge on any atom is 0.225 e. The molecule has 3 aromatic rings. The Bertz CT molecular complexity index is 933. The van der Waals surface area contributed by atoms with Crippen molar-refractivity contribution < 1.29 is 0 Å². The fourth-order valence-corrected chi connectivity index (χ4v) is 5.22. The monoisotopic (exact) mass is 459 g/mol. The van der Waals surface area contributed by atoms with Crippen LogP contribution in [0.2, 0.25) is 0 Å². The normalized spacial score (nSPS) is 19.7. The first-order valence-corrected chi connectivity index (χ1v) is 11.4. The van der Waals surface area contributed by atoms with Gasteiger partial charge in [0.25, 0.3) is 0 Å². The van der Waals surface area contributed by atoms with Crippen molar-refractivity contribution in [2.75, 3.05) is 24.3 Å². The van der Waals surface area contributed by atoms with E-state index in [-0.39, 0.29) is 0 Å². The Labute approximate surface area is 178 Å². The van der Waals surface area contributed by atoms with Crippen molar-refractivity contribution in [3.8, 4) is 0 Å². The molecule has 1 aliphatic carbocycles. The van der Waals surface area contributed by atoms with E-state index in [2.05, 4.69) is 55.7 Å². The van der Waals surface area contributed by atoms with Gasteiger partial charge in [0.05, 0.1) is 9.30 Å². The summed E-state index contributed by atoms with van der Waals surface area (Å²) in [7, 11) is 4.06. The second-order valence-electron chi connectivity index (χ2n) is 7.56. The average molecular weight is 460 g/mol. The van der Waals surface area contributed by atoms with Crippen molar-refractivity contribution in [1.29, 1.82) is 0 Å². The minimum Gasteiger partial charge on any atom is -0.362 e. The third-order valence-corrected chi connectivity index (χ3v) is 6.88. The maximum atomic E-state index is 4.78. The lowest BCUT2D eigenvalue weighted by atomic mass is 9.91. The minimum absolute atomic E-state index is 0.435. The highest BCUT2D eigenvalue weighted by atomic mass is 79.9. The summed E-state index contributed by atoms with van der Waals surface area (Å²) in [5.74, 6) is 1.70. The lowest BCUT2D eigenvalue weighted by Gasteiger charge is -2.30. The van der Waals surface area contributed by atoms with E-state index in [4.69, 9.17) is 9.97 Å². The van der Waals surface area contributed by atoms with Gasteiger partial charge in [0, 0.05) is 43.0 Å². The van der Waals surface area contributed by atoms with E-state index in [1.54, 1.807) is 11.3 Å². The molecule has 148 valence electrons. The van der Waals surface area contributed by atoms with Gasteiger partial charge < -0.3 is 15.5 Å². The van der Waals surface area contributed by atoms with Gasteiger partial charge in [0.1, 0.15) is 5.82 Å². The lowest BCUT2D eigenvalue weighted by Crippen LogP contribution is -2.36. The molecule has 0 saturated heterocycles. The molecule has 1 saturated carbocycles. The highest BCUT2D eigenvalue weighted by Gasteiger charge is 2.22. The Morgan fingerprint density at radius 3 is 2.50 bits per heavy atom. The summed E-state index contributed by atoms with van der Waals surface area (Å²) in [5.41, 5.74) is 0.987. The highest BCUT2D eigenvalue weighted by Crippen LogP contribution is 2.27. The molecule has 0 aliphatic heterocycles. The zero-order valence-corrected chi connectivity index (χ0v) is 18.7. The number of nitrogens with one attached hydrogen (secondary N) is 2. The number of para-hydroxylation sites is 1. The van der Waals surface area contributed by atoms with Crippen LogP contribution in [0.4, 0.5) is 11.8 Å². The second-order valence-corrected chi connectivity index (χ2v) is 10.1. The SMILES string of the molecule is CN(C)c1nc(NC2CCC(NCc3ccc(Br)s3)CC2)nc2ccccc12. The fourth-order valence-electron chi connectivity index (χ4n) is 3.78. The molecule has 2 N–H and O–H groups in total. The molecule has 1 aliphatic rings. The fraction of sp³-hybridized carbons (Fsp3) is 0.429. The topological polar surface area (TPSA) is 53.1 Å². The third kappa shape index (κ3) is 4.64. The third-order valence-electron chi connectivity index (χ3n) is 5.26. The maximum absolute atomic E-state index is 4.78. The predicted octanol–water partition coefficient (Wildman–Crippen LogP) is 5.03. The van der Waals surface area contributed by atoms with Crippen LogP contribution in [0.25, 0.3) is 10.9 Å². The van der Waals surface area contributed by atoms with Gasteiger partial charge in [-0.2, -0.15) is 4.98 Å². The molecule has 0 atom stereocenters. The van der Waals surface area contributed by atoms with Gasteiger partial charge >= 0.3 is 0 Å². The van der Waals surface area contributed by atoms with E-state index in [1.807, 2.05) is 26.2 Å². The van der Waals surface area contributed by atoms with Crippen LogP contribution >= 0.6 is 27.3 Å². The van der Waals surface area contributed by atoms with Crippen LogP contribution in [-0.4, -0.2) is 36.1 Å². The molecule has 0 bridgehead atoms. The molecule has 2 aromatic heterocycles. The summed E-state index contributed by atoms with van der Waals surface area (Å²) in [4.78, 5) is 13.0. The number of anilines is 2. The van der Waals surface area contributed by atoms with Crippen molar-refractivity contribution in [2.24, 2.45) is 0 Å². The van der Waals surface area contributed by atoms with Crippen LogP contribution in [0.5, 0.6) is 0 Å². The number of benzene rings is 1. The number of rotatable bonds is 6. The summed E-state index contributed by atoms with van der Waals surface area (Å²) in [6, 6.07) is 13.5. The molecular weight excluding hydrogens is 434 g/mol. The molecule has 2 heterocycles. The van der Waals surface area contributed by atoms with Gasteiger partial charge in [-0.25, -0.2) is 4.98 Å². The van der Waals surface area contributed by atoms with Crippen molar-refractivity contribution in [3.05, 3.63) is 45.1 Å². The molecule has 0 radical (unpaired) electrons. The van der Waals surface area contributed by atoms with E-state index in [0.29, 0.717) is 12.1 Å². The summed E-state index contributed by atoms with van der Waals surface area (Å²) < 4.78 is 1.20. The Kier molecular flexibility index (Phi) is 6.13. The zero-order chi connectivity index (χ0) is 19.5. The number of halogens is 1. The summed E-state index contributed by atoms with van der Waals surface area (Å²) in [5, 5.41) is 8.38.